The SMILES string of the molecule is CN=C(NCCc1cc(C)cc(C)c1)NC(C)COC1CCOC1. The van der Waals surface area contributed by atoms with Crippen LogP contribution in [0, 0.1) is 13.8 Å². The van der Waals surface area contributed by atoms with Gasteiger partial charge in [0.2, 0.25) is 0 Å². The number of nitrogens with zero attached hydrogens (tertiary/aromatic N) is 1. The standard InChI is InChI=1S/C19H31N3O2/c1-14-9-15(2)11-17(10-14)5-7-21-19(20-4)22-16(3)12-24-18-6-8-23-13-18/h9-11,16,18H,5-8,12-13H2,1-4H3,(H2,20,21,22). The van der Waals surface area contributed by atoms with Gasteiger partial charge in [-0.1, -0.05) is 29.3 Å². The summed E-state index contributed by atoms with van der Waals surface area (Å²) in [6, 6.07) is 6.89. The van der Waals surface area contributed by atoms with Crippen molar-refractivity contribution in [1.29, 1.82) is 0 Å². The van der Waals surface area contributed by atoms with E-state index in [0.717, 1.165) is 38.6 Å². The van der Waals surface area contributed by atoms with Crippen molar-refractivity contribution < 1.29 is 9.47 Å². The predicted octanol–water partition coefficient (Wildman–Crippen LogP) is 2.20. The summed E-state index contributed by atoms with van der Waals surface area (Å²) in [4.78, 5) is 4.29. The van der Waals surface area contributed by atoms with Crippen LogP contribution in [0.5, 0.6) is 0 Å². The van der Waals surface area contributed by atoms with Gasteiger partial charge in [0.05, 0.1) is 19.3 Å². The van der Waals surface area contributed by atoms with Gasteiger partial charge in [0.1, 0.15) is 0 Å². The second-order valence-corrected chi connectivity index (χ2v) is 6.61. The molecule has 1 heterocycles. The zero-order chi connectivity index (χ0) is 17.4. The molecule has 2 atom stereocenters. The highest BCUT2D eigenvalue weighted by Crippen LogP contribution is 2.09. The average Bonchev–Trinajstić information content (AvgIpc) is 3.04. The van der Waals surface area contributed by atoms with E-state index in [-0.39, 0.29) is 12.1 Å². The van der Waals surface area contributed by atoms with Gasteiger partial charge in [-0.05, 0) is 39.2 Å². The van der Waals surface area contributed by atoms with Crippen LogP contribution in [0.25, 0.3) is 0 Å². The van der Waals surface area contributed by atoms with Crippen LogP contribution >= 0.6 is 0 Å². The summed E-state index contributed by atoms with van der Waals surface area (Å²) in [7, 11) is 1.80. The third-order valence-corrected chi connectivity index (χ3v) is 4.06. The normalized spacial score (nSPS) is 19.3. The molecule has 0 aromatic heterocycles. The molecule has 24 heavy (non-hydrogen) atoms. The Hall–Kier alpha value is -1.59. The molecule has 1 saturated heterocycles. The van der Waals surface area contributed by atoms with Crippen molar-refractivity contribution in [3.05, 3.63) is 34.9 Å². The summed E-state index contributed by atoms with van der Waals surface area (Å²) < 4.78 is 11.2. The van der Waals surface area contributed by atoms with E-state index in [4.69, 9.17) is 9.47 Å². The Morgan fingerprint density at radius 2 is 2.08 bits per heavy atom. The lowest BCUT2D eigenvalue weighted by atomic mass is 10.1. The Morgan fingerprint density at radius 3 is 2.71 bits per heavy atom. The van der Waals surface area contributed by atoms with Crippen molar-refractivity contribution in [1.82, 2.24) is 10.6 Å². The minimum atomic E-state index is 0.206. The summed E-state index contributed by atoms with van der Waals surface area (Å²) in [5.41, 5.74) is 3.98. The smallest absolute Gasteiger partial charge is 0.191 e. The fourth-order valence-corrected chi connectivity index (χ4v) is 2.93. The molecule has 5 heteroatoms. The van der Waals surface area contributed by atoms with Crippen LogP contribution in [-0.4, -0.2) is 51.5 Å². The molecular formula is C19H31N3O2. The molecule has 134 valence electrons. The molecule has 0 bridgehead atoms. The summed E-state index contributed by atoms with van der Waals surface area (Å²) in [6.45, 7) is 9.43. The van der Waals surface area contributed by atoms with Crippen molar-refractivity contribution in [2.45, 2.75) is 45.8 Å². The van der Waals surface area contributed by atoms with Gasteiger partial charge in [0, 0.05) is 26.2 Å². The van der Waals surface area contributed by atoms with Crippen LogP contribution in [0.3, 0.4) is 0 Å². The number of guanidine groups is 1. The highest BCUT2D eigenvalue weighted by Gasteiger charge is 2.17. The van der Waals surface area contributed by atoms with E-state index in [9.17, 15) is 0 Å². The molecule has 2 rings (SSSR count). The lowest BCUT2D eigenvalue weighted by Gasteiger charge is -2.19. The van der Waals surface area contributed by atoms with E-state index < -0.39 is 0 Å². The van der Waals surface area contributed by atoms with Crippen molar-refractivity contribution in [2.75, 3.05) is 33.4 Å². The number of rotatable bonds is 7. The summed E-state index contributed by atoms with van der Waals surface area (Å²) in [6.07, 6.45) is 2.22. The van der Waals surface area contributed by atoms with Gasteiger partial charge in [-0.25, -0.2) is 0 Å². The molecular weight excluding hydrogens is 302 g/mol. The van der Waals surface area contributed by atoms with E-state index in [2.05, 4.69) is 54.6 Å². The monoisotopic (exact) mass is 333 g/mol. The largest absolute Gasteiger partial charge is 0.379 e. The first-order valence-electron chi connectivity index (χ1n) is 8.80. The molecule has 0 radical (unpaired) electrons. The molecule has 1 fully saturated rings. The Balaban J connectivity index is 1.69. The maximum atomic E-state index is 5.84. The van der Waals surface area contributed by atoms with Crippen LogP contribution in [-0.2, 0) is 15.9 Å². The fraction of sp³-hybridized carbons (Fsp3) is 0.632. The molecule has 0 spiro atoms. The average molecular weight is 333 g/mol. The molecule has 2 unspecified atom stereocenters. The van der Waals surface area contributed by atoms with Crippen molar-refractivity contribution in [2.24, 2.45) is 4.99 Å². The molecule has 1 aromatic carbocycles. The summed E-state index contributed by atoms with van der Waals surface area (Å²) in [5.74, 6) is 0.818. The number of hydrogen-bond acceptors (Lipinski definition) is 3. The number of hydrogen-bond donors (Lipinski definition) is 2. The zero-order valence-electron chi connectivity index (χ0n) is 15.4. The Kier molecular flexibility index (Phi) is 7.53. The minimum Gasteiger partial charge on any atom is -0.379 e. The number of aliphatic imine (C=N–C) groups is 1. The number of aryl methyl sites for hydroxylation is 2. The molecule has 5 nitrogen and oxygen atoms in total. The first-order valence-corrected chi connectivity index (χ1v) is 8.80. The van der Waals surface area contributed by atoms with Crippen LogP contribution in [0.1, 0.15) is 30.0 Å². The molecule has 2 N–H and O–H groups in total. The van der Waals surface area contributed by atoms with E-state index >= 15 is 0 Å². The molecule has 0 saturated carbocycles. The maximum Gasteiger partial charge on any atom is 0.191 e. The third kappa shape index (κ3) is 6.49. The van der Waals surface area contributed by atoms with Gasteiger partial charge >= 0.3 is 0 Å². The topological polar surface area (TPSA) is 54.9 Å². The highest BCUT2D eigenvalue weighted by molar-refractivity contribution is 5.79. The van der Waals surface area contributed by atoms with E-state index in [1.807, 2.05) is 0 Å². The summed E-state index contributed by atoms with van der Waals surface area (Å²) >= 11 is 0. The lowest BCUT2D eigenvalue weighted by molar-refractivity contribution is 0.0347. The van der Waals surface area contributed by atoms with Gasteiger partial charge < -0.3 is 20.1 Å². The zero-order valence-corrected chi connectivity index (χ0v) is 15.4. The van der Waals surface area contributed by atoms with Gasteiger partial charge in [-0.2, -0.15) is 0 Å². The number of ether oxygens (including phenoxy) is 2. The molecule has 1 aliphatic heterocycles. The highest BCUT2D eigenvalue weighted by atomic mass is 16.5. The molecule has 1 aromatic rings. The van der Waals surface area contributed by atoms with Gasteiger partial charge in [-0.3, -0.25) is 4.99 Å². The first-order chi connectivity index (χ1) is 11.6. The lowest BCUT2D eigenvalue weighted by Crippen LogP contribution is -2.45. The van der Waals surface area contributed by atoms with E-state index in [1.165, 1.54) is 16.7 Å². The fourth-order valence-electron chi connectivity index (χ4n) is 2.93. The van der Waals surface area contributed by atoms with E-state index in [1.54, 1.807) is 7.05 Å². The second kappa shape index (κ2) is 9.64. The van der Waals surface area contributed by atoms with Crippen molar-refractivity contribution in [3.63, 3.8) is 0 Å². The van der Waals surface area contributed by atoms with Gasteiger partial charge in [0.15, 0.2) is 5.96 Å². The Morgan fingerprint density at radius 1 is 1.33 bits per heavy atom. The number of benzene rings is 1. The van der Waals surface area contributed by atoms with Crippen molar-refractivity contribution in [3.8, 4) is 0 Å². The van der Waals surface area contributed by atoms with Gasteiger partial charge in [0.25, 0.3) is 0 Å². The third-order valence-electron chi connectivity index (χ3n) is 4.06. The minimum absolute atomic E-state index is 0.206. The Bertz CT molecular complexity index is 519. The number of nitrogens with one attached hydrogen (secondary N) is 2. The van der Waals surface area contributed by atoms with Crippen LogP contribution < -0.4 is 10.6 Å². The summed E-state index contributed by atoms with van der Waals surface area (Å²) in [5, 5.41) is 6.75. The second-order valence-electron chi connectivity index (χ2n) is 6.61. The quantitative estimate of drug-likeness (QED) is 0.593. The first kappa shape index (κ1) is 18.7. The van der Waals surface area contributed by atoms with Crippen LogP contribution in [0.2, 0.25) is 0 Å². The predicted molar refractivity (Wildman–Crippen MR) is 98.8 cm³/mol. The molecule has 1 aliphatic rings. The molecule has 0 amide bonds. The van der Waals surface area contributed by atoms with Crippen LogP contribution in [0.4, 0.5) is 0 Å². The van der Waals surface area contributed by atoms with Crippen molar-refractivity contribution >= 4 is 5.96 Å². The Labute approximate surface area is 145 Å². The van der Waals surface area contributed by atoms with Crippen LogP contribution in [0.15, 0.2) is 23.2 Å². The van der Waals surface area contributed by atoms with Gasteiger partial charge in [-0.15, -0.1) is 0 Å². The molecule has 0 aliphatic carbocycles. The van der Waals surface area contributed by atoms with E-state index in [0.29, 0.717) is 6.61 Å². The maximum absolute atomic E-state index is 5.84.